The summed E-state index contributed by atoms with van der Waals surface area (Å²) in [4.78, 5) is 0. The van der Waals surface area contributed by atoms with Crippen LogP contribution in [0, 0.1) is 6.07 Å². The monoisotopic (exact) mass is 237 g/mol. The molecular weight excluding hydrogens is 234 g/mol. The fourth-order valence-electron chi connectivity index (χ4n) is 0.342. The first-order chi connectivity index (χ1) is 4.41. The van der Waals surface area contributed by atoms with Gasteiger partial charge in [-0.1, -0.05) is 30.3 Å². The minimum atomic E-state index is -0.826. The van der Waals surface area contributed by atoms with Crippen LogP contribution in [0.15, 0.2) is 30.3 Å². The van der Waals surface area contributed by atoms with E-state index in [1.54, 1.807) is 0 Å². The van der Waals surface area contributed by atoms with Crippen molar-refractivity contribution in [2.45, 2.75) is 0 Å². The molecule has 9 heavy (non-hydrogen) atoms. The first-order valence-electron chi connectivity index (χ1n) is 2.29. The fourth-order valence-corrected chi connectivity index (χ4v) is 0.342. The Morgan fingerprint density at radius 3 is 1.56 bits per heavy atom. The van der Waals surface area contributed by atoms with Crippen LogP contribution in [0.2, 0.25) is 0 Å². The molecule has 1 aromatic carbocycles. The second-order valence-corrected chi connectivity index (χ2v) is 4.88. The van der Waals surface area contributed by atoms with Crippen molar-refractivity contribution in [1.29, 1.82) is 0 Å². The smallest absolute Gasteiger partial charge is 0.0184 e. The maximum atomic E-state index is 4.93. The quantitative estimate of drug-likeness (QED) is 0.653. The van der Waals surface area contributed by atoms with Crippen LogP contribution in [0.3, 0.4) is 0 Å². The molecular formula is C6H5Cl2Zr. The van der Waals surface area contributed by atoms with E-state index in [0.29, 0.717) is 0 Å². The summed E-state index contributed by atoms with van der Waals surface area (Å²) in [7, 11) is 9.87. The molecule has 0 aromatic heterocycles. The van der Waals surface area contributed by atoms with Crippen molar-refractivity contribution in [2.75, 3.05) is 0 Å². The molecule has 0 unspecified atom stereocenters. The van der Waals surface area contributed by atoms with Gasteiger partial charge in [0.25, 0.3) is 0 Å². The minimum absolute atomic E-state index is 0.826. The van der Waals surface area contributed by atoms with Gasteiger partial charge in [-0.3, -0.25) is 0 Å². The van der Waals surface area contributed by atoms with Crippen LogP contribution in [-0.4, -0.2) is 0 Å². The van der Waals surface area contributed by atoms with Gasteiger partial charge in [-0.15, -0.1) is 0 Å². The minimum Gasteiger partial charge on any atom is -0.0622 e. The summed E-state index contributed by atoms with van der Waals surface area (Å²) in [6, 6.07) is 12.5. The van der Waals surface area contributed by atoms with Gasteiger partial charge in [0.2, 0.25) is 0 Å². The van der Waals surface area contributed by atoms with Crippen LogP contribution in [0.5, 0.6) is 0 Å². The topological polar surface area (TPSA) is 0 Å². The molecule has 0 fully saturated rings. The van der Waals surface area contributed by atoms with E-state index in [4.69, 9.17) is 17.0 Å². The molecule has 0 aliphatic carbocycles. The van der Waals surface area contributed by atoms with Crippen molar-refractivity contribution in [1.82, 2.24) is 0 Å². The van der Waals surface area contributed by atoms with Crippen molar-refractivity contribution in [3.63, 3.8) is 0 Å². The van der Waals surface area contributed by atoms with Crippen molar-refractivity contribution in [2.24, 2.45) is 0 Å². The summed E-state index contributed by atoms with van der Waals surface area (Å²) in [6.07, 6.45) is 0. The van der Waals surface area contributed by atoms with Gasteiger partial charge >= 0.3 is 37.9 Å². The van der Waals surface area contributed by atoms with Crippen molar-refractivity contribution < 1.29 is 20.8 Å². The Kier molecular flexibility index (Phi) is 9.34. The average molecular weight is 239 g/mol. The Morgan fingerprint density at radius 2 is 1.44 bits per heavy atom. The third-order valence-electron chi connectivity index (χ3n) is 0.607. The van der Waals surface area contributed by atoms with Crippen molar-refractivity contribution in [3.05, 3.63) is 36.4 Å². The van der Waals surface area contributed by atoms with Crippen LogP contribution >= 0.6 is 17.0 Å². The third kappa shape index (κ3) is 8.68. The van der Waals surface area contributed by atoms with Crippen molar-refractivity contribution >= 4 is 17.0 Å². The van der Waals surface area contributed by atoms with Gasteiger partial charge in [-0.2, -0.15) is 0 Å². The maximum absolute atomic E-state index is 4.93. The van der Waals surface area contributed by atoms with Crippen LogP contribution in [0.1, 0.15) is 0 Å². The molecule has 0 bridgehead atoms. The van der Waals surface area contributed by atoms with E-state index in [1.807, 2.05) is 30.3 Å². The second kappa shape index (κ2) is 8.68. The molecule has 0 saturated heterocycles. The number of hydrogen-bond acceptors (Lipinski definition) is 0. The van der Waals surface area contributed by atoms with Gasteiger partial charge in [0.1, 0.15) is 0 Å². The predicted octanol–water partition coefficient (Wildman–Crippen LogP) is 2.86. The van der Waals surface area contributed by atoms with Gasteiger partial charge in [-0.05, 0) is 6.07 Å². The van der Waals surface area contributed by atoms with Crippen LogP contribution < -0.4 is 0 Å². The summed E-state index contributed by atoms with van der Waals surface area (Å²) in [5.41, 5.74) is 0. The van der Waals surface area contributed by atoms with Crippen LogP contribution in [-0.2, 0) is 20.8 Å². The second-order valence-electron chi connectivity index (χ2n) is 1.15. The van der Waals surface area contributed by atoms with Gasteiger partial charge < -0.3 is 0 Å². The zero-order chi connectivity index (χ0) is 6.95. The molecule has 1 rings (SSSR count). The van der Waals surface area contributed by atoms with Gasteiger partial charge in [0, 0.05) is 0 Å². The molecule has 0 heterocycles. The maximum Gasteiger partial charge on any atom is -0.0184 e. The molecule has 0 amide bonds. The molecule has 1 aromatic rings. The Labute approximate surface area is 73.8 Å². The number of hydrogen-bond donors (Lipinski definition) is 0. The largest absolute Gasteiger partial charge is 0.0622 e. The summed E-state index contributed by atoms with van der Waals surface area (Å²) in [5, 5.41) is 0. The first kappa shape index (κ1) is 9.68. The van der Waals surface area contributed by atoms with Gasteiger partial charge in [-0.25, -0.2) is 0 Å². The molecule has 0 aliphatic heterocycles. The van der Waals surface area contributed by atoms with Crippen LogP contribution in [0.4, 0.5) is 0 Å². The SMILES string of the molecule is [Cl][Zr][Cl].[c]1ccccc1. The normalized spacial score (nSPS) is 6.89. The predicted molar refractivity (Wildman–Crippen MR) is 37.0 cm³/mol. The molecule has 0 N–H and O–H groups in total. The molecule has 0 saturated carbocycles. The Balaban J connectivity index is 0.000000187. The molecule has 0 atom stereocenters. The van der Waals surface area contributed by atoms with E-state index in [9.17, 15) is 0 Å². The Hall–Kier alpha value is 0.683. The molecule has 0 spiro atoms. The van der Waals surface area contributed by atoms with E-state index in [-0.39, 0.29) is 0 Å². The molecule has 0 nitrogen and oxygen atoms in total. The summed E-state index contributed by atoms with van der Waals surface area (Å²) in [6.45, 7) is 0. The molecule has 47 valence electrons. The zero-order valence-corrected chi connectivity index (χ0v) is 8.61. The molecule has 1 radical (unpaired) electrons. The zero-order valence-electron chi connectivity index (χ0n) is 4.64. The number of benzene rings is 1. The Bertz CT molecular complexity index is 93.9. The summed E-state index contributed by atoms with van der Waals surface area (Å²) in [5.74, 6) is 0. The third-order valence-corrected chi connectivity index (χ3v) is 0.607. The van der Waals surface area contributed by atoms with E-state index >= 15 is 0 Å². The van der Waals surface area contributed by atoms with E-state index < -0.39 is 20.8 Å². The van der Waals surface area contributed by atoms with E-state index in [0.717, 1.165) is 0 Å². The van der Waals surface area contributed by atoms with E-state index in [1.165, 1.54) is 0 Å². The van der Waals surface area contributed by atoms with Gasteiger partial charge in [0.05, 0.1) is 0 Å². The number of halogens is 2. The van der Waals surface area contributed by atoms with E-state index in [2.05, 4.69) is 6.07 Å². The molecule has 3 heteroatoms. The average Bonchev–Trinajstić information content (AvgIpc) is 1.93. The fraction of sp³-hybridized carbons (Fsp3) is 0. The summed E-state index contributed by atoms with van der Waals surface area (Å²) < 4.78 is 0. The summed E-state index contributed by atoms with van der Waals surface area (Å²) >= 11 is -0.826. The first-order valence-corrected chi connectivity index (χ1v) is 8.62. The van der Waals surface area contributed by atoms with Crippen molar-refractivity contribution in [3.8, 4) is 0 Å². The van der Waals surface area contributed by atoms with Gasteiger partial charge in [0.15, 0.2) is 0 Å². The van der Waals surface area contributed by atoms with Crippen LogP contribution in [0.25, 0.3) is 0 Å². The Morgan fingerprint density at radius 1 is 1.00 bits per heavy atom. The molecule has 0 aliphatic rings. The number of rotatable bonds is 0. The standard InChI is InChI=1S/C6H5.2ClH.Zr/c1-2-4-6-5-3-1;;;/h1-5H;2*1H;/q;;;+2/p-2.